The predicted molar refractivity (Wildman–Crippen MR) is 91.3 cm³/mol. The number of ether oxygens (including phenoxy) is 1. The third-order valence-electron chi connectivity index (χ3n) is 4.35. The Hall–Kier alpha value is -3.42. The molecule has 0 saturated heterocycles. The van der Waals surface area contributed by atoms with Gasteiger partial charge in [0.25, 0.3) is 11.5 Å². The molecule has 8 heteroatoms. The van der Waals surface area contributed by atoms with E-state index in [1.54, 1.807) is 35.5 Å². The largest absolute Gasteiger partial charge is 0.496 e. The number of rotatable bonds is 3. The summed E-state index contributed by atoms with van der Waals surface area (Å²) >= 11 is 0. The highest BCUT2D eigenvalue weighted by atomic mass is 16.5. The fraction of sp³-hybridized carbons (Fsp3) is 0.222. The number of carbonyl (C=O) groups is 1. The highest BCUT2D eigenvalue weighted by molar-refractivity contribution is 5.96. The Kier molecular flexibility index (Phi) is 4.00. The zero-order chi connectivity index (χ0) is 18.1. The van der Waals surface area contributed by atoms with Gasteiger partial charge in [0.15, 0.2) is 0 Å². The summed E-state index contributed by atoms with van der Waals surface area (Å²) in [7, 11) is 1.44. The van der Waals surface area contributed by atoms with Gasteiger partial charge in [-0.25, -0.2) is 4.98 Å². The molecule has 0 bridgehead atoms. The molecular weight excluding hydrogens is 336 g/mol. The lowest BCUT2D eigenvalue weighted by molar-refractivity contribution is 0.0724. The molecule has 3 aromatic heterocycles. The second-order valence-corrected chi connectivity index (χ2v) is 5.90. The molecule has 4 heterocycles. The maximum Gasteiger partial charge on any atom is 0.260 e. The van der Waals surface area contributed by atoms with Crippen molar-refractivity contribution in [2.45, 2.75) is 13.0 Å². The van der Waals surface area contributed by atoms with Crippen LogP contribution in [-0.4, -0.2) is 39.2 Å². The van der Waals surface area contributed by atoms with Gasteiger partial charge in [0.1, 0.15) is 17.3 Å². The van der Waals surface area contributed by atoms with Crippen molar-refractivity contribution in [3.05, 3.63) is 70.1 Å². The number of aromatic nitrogens is 3. The minimum absolute atomic E-state index is 0.224. The van der Waals surface area contributed by atoms with Gasteiger partial charge in [0, 0.05) is 37.0 Å². The first kappa shape index (κ1) is 16.1. The van der Waals surface area contributed by atoms with Crippen molar-refractivity contribution < 1.29 is 14.1 Å². The molecule has 0 aromatic carbocycles. The van der Waals surface area contributed by atoms with Crippen LogP contribution in [0.15, 0.2) is 52.2 Å². The van der Waals surface area contributed by atoms with Crippen molar-refractivity contribution in [2.75, 3.05) is 13.7 Å². The van der Waals surface area contributed by atoms with Crippen LogP contribution in [-0.2, 0) is 13.0 Å². The smallest absolute Gasteiger partial charge is 0.260 e. The summed E-state index contributed by atoms with van der Waals surface area (Å²) in [6, 6.07) is 6.54. The molecule has 8 nitrogen and oxygen atoms in total. The number of amides is 1. The minimum atomic E-state index is -0.322. The summed E-state index contributed by atoms with van der Waals surface area (Å²) in [5.74, 6) is 1.26. The Labute approximate surface area is 148 Å². The number of hydrogen-bond donors (Lipinski definition) is 0. The Morgan fingerprint density at radius 1 is 1.35 bits per heavy atom. The van der Waals surface area contributed by atoms with E-state index in [4.69, 9.17) is 9.26 Å². The summed E-state index contributed by atoms with van der Waals surface area (Å²) in [6.45, 7) is 0.913. The number of pyridine rings is 2. The van der Waals surface area contributed by atoms with Gasteiger partial charge in [-0.05, 0) is 12.1 Å². The minimum Gasteiger partial charge on any atom is -0.496 e. The lowest BCUT2D eigenvalue weighted by atomic mass is 10.1. The molecule has 4 rings (SSSR count). The van der Waals surface area contributed by atoms with E-state index in [1.165, 1.54) is 23.9 Å². The van der Waals surface area contributed by atoms with Crippen molar-refractivity contribution in [1.29, 1.82) is 0 Å². The summed E-state index contributed by atoms with van der Waals surface area (Å²) in [4.78, 5) is 31.3. The number of fused-ring (bicyclic) bond motifs is 1. The highest BCUT2D eigenvalue weighted by Crippen LogP contribution is 2.24. The first-order valence-electron chi connectivity index (χ1n) is 8.11. The lowest BCUT2D eigenvalue weighted by Crippen LogP contribution is -2.36. The first-order valence-corrected chi connectivity index (χ1v) is 8.11. The van der Waals surface area contributed by atoms with Gasteiger partial charge in [-0.3, -0.25) is 14.2 Å². The van der Waals surface area contributed by atoms with E-state index >= 15 is 0 Å². The lowest BCUT2D eigenvalue weighted by Gasteiger charge is -2.26. The molecule has 0 radical (unpaired) electrons. The van der Waals surface area contributed by atoms with Crippen molar-refractivity contribution in [3.8, 4) is 11.6 Å². The second-order valence-electron chi connectivity index (χ2n) is 5.90. The van der Waals surface area contributed by atoms with Crippen LogP contribution in [0.2, 0.25) is 0 Å². The summed E-state index contributed by atoms with van der Waals surface area (Å²) < 4.78 is 11.8. The molecule has 0 saturated carbocycles. The van der Waals surface area contributed by atoms with E-state index < -0.39 is 0 Å². The number of carbonyl (C=O) groups excluding carboxylic acids is 1. The van der Waals surface area contributed by atoms with Crippen LogP contribution >= 0.6 is 0 Å². The summed E-state index contributed by atoms with van der Waals surface area (Å²) in [5.41, 5.74) is 0.872. The Bertz CT molecular complexity index is 1010. The predicted octanol–water partition coefficient (Wildman–Crippen LogP) is 1.43. The average Bonchev–Trinajstić information content (AvgIpc) is 3.15. The van der Waals surface area contributed by atoms with E-state index in [0.717, 1.165) is 11.3 Å². The van der Waals surface area contributed by atoms with E-state index in [9.17, 15) is 9.59 Å². The molecule has 0 spiro atoms. The standard InChI is InChI=1S/C18H16N4O4/c1-25-15-8-17(23)22(16-4-2-3-6-19-16)11-13(15)18(24)21-7-5-14-12(10-21)9-20-26-14/h2-4,6,8-9,11H,5,7,10H2,1H3. The van der Waals surface area contributed by atoms with Crippen LogP contribution in [0.5, 0.6) is 5.75 Å². The molecule has 0 aliphatic carbocycles. The van der Waals surface area contributed by atoms with E-state index in [0.29, 0.717) is 30.9 Å². The first-order chi connectivity index (χ1) is 12.7. The molecule has 0 unspecified atom stereocenters. The van der Waals surface area contributed by atoms with Crippen LogP contribution in [0, 0.1) is 0 Å². The number of hydrogen-bond acceptors (Lipinski definition) is 6. The van der Waals surface area contributed by atoms with E-state index in [2.05, 4.69) is 10.1 Å². The fourth-order valence-corrected chi connectivity index (χ4v) is 3.00. The maximum absolute atomic E-state index is 13.1. The van der Waals surface area contributed by atoms with Crippen molar-refractivity contribution in [2.24, 2.45) is 0 Å². The molecule has 0 fully saturated rings. The molecule has 1 aliphatic heterocycles. The van der Waals surface area contributed by atoms with Gasteiger partial charge in [-0.1, -0.05) is 11.2 Å². The van der Waals surface area contributed by atoms with Crippen molar-refractivity contribution >= 4 is 5.91 Å². The zero-order valence-electron chi connectivity index (χ0n) is 14.1. The second kappa shape index (κ2) is 6.47. The van der Waals surface area contributed by atoms with Crippen molar-refractivity contribution in [1.82, 2.24) is 19.6 Å². The molecule has 1 amide bonds. The molecule has 132 valence electrons. The highest BCUT2D eigenvalue weighted by Gasteiger charge is 2.27. The van der Waals surface area contributed by atoms with Crippen molar-refractivity contribution in [3.63, 3.8) is 0 Å². The Balaban J connectivity index is 1.73. The Morgan fingerprint density at radius 2 is 2.23 bits per heavy atom. The van der Waals surface area contributed by atoms with Crippen LogP contribution < -0.4 is 10.3 Å². The molecule has 26 heavy (non-hydrogen) atoms. The van der Waals surface area contributed by atoms with Crippen LogP contribution in [0.25, 0.3) is 5.82 Å². The molecule has 3 aromatic rings. The third-order valence-corrected chi connectivity index (χ3v) is 4.35. The SMILES string of the molecule is COc1cc(=O)n(-c2ccccn2)cc1C(=O)N1CCc2oncc2C1. The van der Waals surface area contributed by atoms with Gasteiger partial charge >= 0.3 is 0 Å². The summed E-state index contributed by atoms with van der Waals surface area (Å²) in [5, 5.41) is 3.78. The zero-order valence-corrected chi connectivity index (χ0v) is 14.1. The van der Waals surface area contributed by atoms with Crippen LogP contribution in [0.4, 0.5) is 0 Å². The van der Waals surface area contributed by atoms with Gasteiger partial charge in [-0.2, -0.15) is 0 Å². The third kappa shape index (κ3) is 2.75. The molecular formula is C18H16N4O4. The fourth-order valence-electron chi connectivity index (χ4n) is 3.00. The molecule has 0 N–H and O–H groups in total. The maximum atomic E-state index is 13.1. The molecule has 0 atom stereocenters. The molecule has 1 aliphatic rings. The van der Waals surface area contributed by atoms with Gasteiger partial charge in [-0.15, -0.1) is 0 Å². The van der Waals surface area contributed by atoms with Crippen LogP contribution in [0.3, 0.4) is 0 Å². The number of methoxy groups -OCH3 is 1. The summed E-state index contributed by atoms with van der Waals surface area (Å²) in [6.07, 6.45) is 5.30. The van der Waals surface area contributed by atoms with Gasteiger partial charge < -0.3 is 14.2 Å². The monoisotopic (exact) mass is 352 g/mol. The topological polar surface area (TPSA) is 90.5 Å². The number of nitrogens with zero attached hydrogens (tertiary/aromatic N) is 4. The van der Waals surface area contributed by atoms with E-state index in [-0.39, 0.29) is 17.2 Å². The Morgan fingerprint density at radius 3 is 3.00 bits per heavy atom. The quantitative estimate of drug-likeness (QED) is 0.708. The normalized spacial score (nSPS) is 13.3. The van der Waals surface area contributed by atoms with Gasteiger partial charge in [0.2, 0.25) is 0 Å². The van der Waals surface area contributed by atoms with Crippen LogP contribution in [0.1, 0.15) is 21.7 Å². The van der Waals surface area contributed by atoms with E-state index in [1.807, 2.05) is 0 Å². The van der Waals surface area contributed by atoms with Gasteiger partial charge in [0.05, 0.1) is 25.4 Å². The average molecular weight is 352 g/mol.